The number of hydrogen-bond acceptors (Lipinski definition) is 7. The quantitative estimate of drug-likeness (QED) is 0.266. The summed E-state index contributed by atoms with van der Waals surface area (Å²) >= 11 is 5.04. The Kier molecular flexibility index (Phi) is 10.8. The van der Waals surface area contributed by atoms with Gasteiger partial charge in [-0.25, -0.2) is 4.79 Å². The predicted octanol–water partition coefficient (Wildman–Crippen LogP) is 3.00. The maximum atomic E-state index is 12.4. The van der Waals surface area contributed by atoms with E-state index in [0.29, 0.717) is 35.2 Å². The molecule has 2 aromatic rings. The highest BCUT2D eigenvalue weighted by Gasteiger charge is 2.11. The second-order valence-corrected chi connectivity index (χ2v) is 7.96. The first-order valence-electron chi connectivity index (χ1n) is 10.8. The van der Waals surface area contributed by atoms with Crippen LogP contribution in [0.3, 0.4) is 0 Å². The number of rotatable bonds is 10. The van der Waals surface area contributed by atoms with Crippen molar-refractivity contribution in [1.29, 1.82) is 0 Å². The molecule has 0 aliphatic carbocycles. The molecule has 2 amide bonds. The number of hydrazine groups is 1. The third-order valence-electron chi connectivity index (χ3n) is 4.34. The van der Waals surface area contributed by atoms with E-state index in [4.69, 9.17) is 26.4 Å². The van der Waals surface area contributed by atoms with Crippen molar-refractivity contribution in [1.82, 2.24) is 16.2 Å². The van der Waals surface area contributed by atoms with Gasteiger partial charge in [0.05, 0.1) is 18.8 Å². The first-order chi connectivity index (χ1) is 16.3. The molecule has 0 saturated heterocycles. The standard InChI is InChI=1S/C24H29N3O6S/c1-4-31-23(30)17-8-10-19(11-9-17)33-15-21(28)26-27-24(34)25-22(29)18-6-5-7-20(14-18)32-13-12-16(2)3/h5-11,14,16H,4,12-13,15H2,1-3H3,(H,26,28)(H2,25,27,29,34). The van der Waals surface area contributed by atoms with E-state index < -0.39 is 17.8 Å². The zero-order valence-electron chi connectivity index (χ0n) is 19.4. The molecule has 182 valence electrons. The summed E-state index contributed by atoms with van der Waals surface area (Å²) in [6.45, 7) is 6.48. The van der Waals surface area contributed by atoms with Gasteiger partial charge in [0, 0.05) is 5.56 Å². The maximum absolute atomic E-state index is 12.4. The summed E-state index contributed by atoms with van der Waals surface area (Å²) in [6, 6.07) is 12.9. The van der Waals surface area contributed by atoms with Crippen LogP contribution in [-0.2, 0) is 9.53 Å². The third kappa shape index (κ3) is 9.45. The number of carbonyl (C=O) groups excluding carboxylic acids is 3. The van der Waals surface area contributed by atoms with Gasteiger partial charge in [-0.2, -0.15) is 0 Å². The van der Waals surface area contributed by atoms with Gasteiger partial charge in [0.1, 0.15) is 11.5 Å². The Bertz CT molecular complexity index is 994. The third-order valence-corrected chi connectivity index (χ3v) is 4.54. The fraction of sp³-hybridized carbons (Fsp3) is 0.333. The molecule has 0 aliphatic heterocycles. The predicted molar refractivity (Wildman–Crippen MR) is 131 cm³/mol. The Labute approximate surface area is 204 Å². The van der Waals surface area contributed by atoms with Crippen molar-refractivity contribution >= 4 is 35.1 Å². The SMILES string of the molecule is CCOC(=O)c1ccc(OCC(=O)NNC(=S)NC(=O)c2cccc(OCCC(C)C)c2)cc1. The molecule has 0 aliphatic rings. The first kappa shape index (κ1) is 26.6. The Morgan fingerprint density at radius 1 is 0.941 bits per heavy atom. The average molecular weight is 488 g/mol. The first-order valence-corrected chi connectivity index (χ1v) is 11.2. The Morgan fingerprint density at radius 3 is 2.35 bits per heavy atom. The lowest BCUT2D eigenvalue weighted by atomic mass is 10.1. The van der Waals surface area contributed by atoms with E-state index in [9.17, 15) is 14.4 Å². The summed E-state index contributed by atoms with van der Waals surface area (Å²) in [7, 11) is 0. The number of ether oxygens (including phenoxy) is 3. The van der Waals surface area contributed by atoms with Crippen LogP contribution in [-0.4, -0.2) is 42.7 Å². The number of thiocarbonyl (C=S) groups is 1. The van der Waals surface area contributed by atoms with Crippen molar-refractivity contribution in [2.24, 2.45) is 5.92 Å². The Balaban J connectivity index is 1.73. The minimum atomic E-state index is -0.522. The molecule has 34 heavy (non-hydrogen) atoms. The van der Waals surface area contributed by atoms with Crippen LogP contribution in [0.1, 0.15) is 47.9 Å². The maximum Gasteiger partial charge on any atom is 0.338 e. The molecule has 0 saturated carbocycles. The van der Waals surface area contributed by atoms with Gasteiger partial charge in [-0.15, -0.1) is 0 Å². The van der Waals surface area contributed by atoms with Gasteiger partial charge in [-0.3, -0.25) is 25.8 Å². The lowest BCUT2D eigenvalue weighted by molar-refractivity contribution is -0.123. The van der Waals surface area contributed by atoms with Gasteiger partial charge in [0.2, 0.25) is 0 Å². The zero-order chi connectivity index (χ0) is 24.9. The largest absolute Gasteiger partial charge is 0.494 e. The Hall–Kier alpha value is -3.66. The molecule has 3 N–H and O–H groups in total. The van der Waals surface area contributed by atoms with Gasteiger partial charge in [-0.1, -0.05) is 19.9 Å². The van der Waals surface area contributed by atoms with Gasteiger partial charge in [-0.05, 0) is 73.9 Å². The molecule has 0 aromatic heterocycles. The van der Waals surface area contributed by atoms with Crippen molar-refractivity contribution in [3.8, 4) is 11.5 Å². The molecule has 9 nitrogen and oxygen atoms in total. The van der Waals surface area contributed by atoms with Crippen LogP contribution in [0, 0.1) is 5.92 Å². The smallest absolute Gasteiger partial charge is 0.338 e. The van der Waals surface area contributed by atoms with Crippen molar-refractivity contribution in [3.05, 3.63) is 59.7 Å². The zero-order valence-corrected chi connectivity index (χ0v) is 20.2. The van der Waals surface area contributed by atoms with E-state index in [1.807, 2.05) is 0 Å². The number of esters is 1. The minimum Gasteiger partial charge on any atom is -0.494 e. The molecule has 10 heteroatoms. The highest BCUT2D eigenvalue weighted by Crippen LogP contribution is 2.15. The highest BCUT2D eigenvalue weighted by molar-refractivity contribution is 7.80. The van der Waals surface area contributed by atoms with Gasteiger partial charge in [0.15, 0.2) is 11.7 Å². The lowest BCUT2D eigenvalue weighted by Crippen LogP contribution is -2.49. The fourth-order valence-corrected chi connectivity index (χ4v) is 2.70. The number of amides is 2. The molecule has 0 unspecified atom stereocenters. The van der Waals surface area contributed by atoms with Crippen LogP contribution in [0.5, 0.6) is 11.5 Å². The van der Waals surface area contributed by atoms with Gasteiger partial charge >= 0.3 is 5.97 Å². The van der Waals surface area contributed by atoms with E-state index in [0.717, 1.165) is 6.42 Å². The molecule has 2 rings (SSSR count). The summed E-state index contributed by atoms with van der Waals surface area (Å²) in [5.41, 5.74) is 5.53. The van der Waals surface area contributed by atoms with Crippen LogP contribution in [0.25, 0.3) is 0 Å². The highest BCUT2D eigenvalue weighted by atomic mass is 32.1. The number of nitrogens with one attached hydrogen (secondary N) is 3. The molecule has 2 aromatic carbocycles. The molecule has 0 fully saturated rings. The summed E-state index contributed by atoms with van der Waals surface area (Å²) in [4.78, 5) is 36.0. The molecule has 0 heterocycles. The van der Waals surface area contributed by atoms with Crippen LogP contribution in [0.4, 0.5) is 0 Å². The van der Waals surface area contributed by atoms with Crippen LogP contribution < -0.4 is 25.6 Å². The average Bonchev–Trinajstić information content (AvgIpc) is 2.82. The van der Waals surface area contributed by atoms with Crippen molar-refractivity contribution in [3.63, 3.8) is 0 Å². The summed E-state index contributed by atoms with van der Waals surface area (Å²) < 4.78 is 15.9. The van der Waals surface area contributed by atoms with E-state index in [2.05, 4.69) is 30.0 Å². The van der Waals surface area contributed by atoms with Gasteiger partial charge in [0.25, 0.3) is 11.8 Å². The van der Waals surface area contributed by atoms with Crippen LogP contribution >= 0.6 is 12.2 Å². The Morgan fingerprint density at radius 2 is 1.68 bits per heavy atom. The second-order valence-electron chi connectivity index (χ2n) is 7.55. The van der Waals surface area contributed by atoms with Crippen molar-refractivity contribution in [2.45, 2.75) is 27.2 Å². The van der Waals surface area contributed by atoms with E-state index in [1.54, 1.807) is 55.5 Å². The normalized spacial score (nSPS) is 10.2. The molecule has 0 radical (unpaired) electrons. The minimum absolute atomic E-state index is 0.0803. The molecular weight excluding hydrogens is 458 g/mol. The molecule has 0 spiro atoms. The molecule has 0 bridgehead atoms. The summed E-state index contributed by atoms with van der Waals surface area (Å²) in [6.07, 6.45) is 0.909. The topological polar surface area (TPSA) is 115 Å². The fourth-order valence-electron chi connectivity index (χ4n) is 2.56. The molecular formula is C24H29N3O6S. The van der Waals surface area contributed by atoms with Gasteiger partial charge < -0.3 is 14.2 Å². The molecule has 0 atom stereocenters. The van der Waals surface area contributed by atoms with E-state index >= 15 is 0 Å². The van der Waals surface area contributed by atoms with E-state index in [-0.39, 0.29) is 18.3 Å². The van der Waals surface area contributed by atoms with Crippen LogP contribution in [0.2, 0.25) is 0 Å². The monoisotopic (exact) mass is 487 g/mol. The van der Waals surface area contributed by atoms with Crippen molar-refractivity contribution < 1.29 is 28.6 Å². The van der Waals surface area contributed by atoms with Crippen molar-refractivity contribution in [2.75, 3.05) is 19.8 Å². The van der Waals surface area contributed by atoms with Crippen LogP contribution in [0.15, 0.2) is 48.5 Å². The summed E-state index contributed by atoms with van der Waals surface area (Å²) in [5, 5.41) is 2.40. The summed E-state index contributed by atoms with van der Waals surface area (Å²) in [5.74, 6) is 0.109. The number of hydrogen-bond donors (Lipinski definition) is 3. The second kappa shape index (κ2) is 13.8. The number of carbonyl (C=O) groups is 3. The van der Waals surface area contributed by atoms with E-state index in [1.165, 1.54) is 0 Å². The lowest BCUT2D eigenvalue weighted by Gasteiger charge is -2.12. The number of benzene rings is 2.